The van der Waals surface area contributed by atoms with Gasteiger partial charge in [-0.25, -0.2) is 58.3 Å². The van der Waals surface area contributed by atoms with Crippen molar-refractivity contribution in [3.05, 3.63) is 0 Å². The molecule has 6 unspecified atom stereocenters. The third kappa shape index (κ3) is 22.8. The van der Waals surface area contributed by atoms with Gasteiger partial charge in [-0.15, -0.1) is 26.0 Å². The van der Waals surface area contributed by atoms with Crippen molar-refractivity contribution < 1.29 is 195 Å². The minimum absolute atomic E-state index is 0.0527. The van der Waals surface area contributed by atoms with E-state index in [0.717, 1.165) is 0 Å². The Bertz CT molecular complexity index is 1850. The Balaban J connectivity index is 2.28. The highest BCUT2D eigenvalue weighted by atomic mass is 32.3. The van der Waals surface area contributed by atoms with E-state index in [1.165, 1.54) is 0 Å². The number of carbonyl (C=O) groups is 1. The predicted octanol–water partition coefficient (Wildman–Crippen LogP) is -2.80. The van der Waals surface area contributed by atoms with E-state index in [1.807, 2.05) is 0 Å². The van der Waals surface area contributed by atoms with Crippen LogP contribution in [0.5, 0.6) is 0 Å². The topological polar surface area (TPSA) is 588 Å². The maximum Gasteiger partial charge on any atom is 0.397 e. The predicted molar refractivity (Wildman–Crippen MR) is 205 cm³/mol. The summed E-state index contributed by atoms with van der Waals surface area (Å²) in [6.07, 6.45) is -30.8. The van der Waals surface area contributed by atoms with Crippen LogP contribution in [-0.4, -0.2) is 192 Å². The first kappa shape index (κ1) is 65.3. The lowest BCUT2D eigenvalue weighted by molar-refractivity contribution is -0.436. The summed E-state index contributed by atoms with van der Waals surface area (Å²) < 4.78 is 193. The highest BCUT2D eigenvalue weighted by Gasteiger charge is 2.60. The van der Waals surface area contributed by atoms with Crippen LogP contribution >= 0.6 is 73.8 Å². The number of aliphatic carboxylic acids is 1. The fourth-order valence-corrected chi connectivity index (χ4v) is 9.13. The molecular weight excluding hydrogens is 1200 g/mol. The van der Waals surface area contributed by atoms with Crippen molar-refractivity contribution >= 4 is 111 Å². The largest absolute Gasteiger partial charge is 0.479 e. The van der Waals surface area contributed by atoms with Crippen LogP contribution in [0.4, 0.5) is 0 Å². The van der Waals surface area contributed by atoms with Gasteiger partial charge in [0.05, 0.1) is 13.2 Å². The first-order valence-electron chi connectivity index (χ1n) is 16.7. The average molecular weight is 1240 g/mol. The second kappa shape index (κ2) is 33.3. The van der Waals surface area contributed by atoms with Gasteiger partial charge in [0.1, 0.15) is 85.4 Å². The van der Waals surface area contributed by atoms with E-state index in [1.54, 1.807) is 0 Å². The smallest absolute Gasteiger partial charge is 0.397 e. The number of rotatable bonds is 37. The molecule has 0 aliphatic carbocycles. The van der Waals surface area contributed by atoms with Gasteiger partial charge in [0.2, 0.25) is 0 Å². The summed E-state index contributed by atoms with van der Waals surface area (Å²) in [5.41, 5.74) is 0. The van der Waals surface area contributed by atoms with Crippen LogP contribution in [0.3, 0.4) is 0 Å². The number of carboxylic acids is 1. The van der Waals surface area contributed by atoms with E-state index >= 15 is 0 Å². The molecule has 0 saturated carbocycles. The lowest BCUT2D eigenvalue weighted by Gasteiger charge is -2.49. The Morgan fingerprint density at radius 1 is 0.493 bits per heavy atom. The zero-order valence-corrected chi connectivity index (χ0v) is 40.2. The first-order valence-corrected chi connectivity index (χ1v) is 24.9. The standard InChI is InChI=1S/C18H32N2O42S9/c21-15(22)13-11(44-17-6(20-64-58-52-25)10(48-67-61-55-28)8(46-65-59-53-26)4(42-17)2-40-70(33,34)35)12(49-68-62-56-29)14(50-71(36,37)38)18(45-13)43-7-3(1-39-69(30,31)32)41-16(23)5(19-63-57-51-24)9(7)47-66-60-54-27/h3-14,16-20,23-29H,1-2H2,(H,21,22)(H,30,31,32)(H,33,34,35)(H,36,37,38)/t3?,4?,5?,6?,7-,8-,9+,10-,11+,12-,13?,14?,16+,17-,18-/m1/s1. The normalized spacial score (nSPS) is 32.0. The molecule has 0 radical (unpaired) electrons. The van der Waals surface area contributed by atoms with Crippen molar-refractivity contribution in [2.75, 3.05) is 13.2 Å². The molecule has 0 amide bonds. The van der Waals surface area contributed by atoms with E-state index in [4.69, 9.17) is 76.1 Å². The molecule has 3 saturated heterocycles. The molecule has 0 aromatic heterocycles. The fraction of sp³-hybridized carbons (Fsp3) is 0.944. The van der Waals surface area contributed by atoms with Crippen molar-refractivity contribution in [1.29, 1.82) is 0 Å². The highest BCUT2D eigenvalue weighted by Crippen LogP contribution is 2.40. The number of carboxylic acid groups (broad SMARTS) is 1. The Morgan fingerprint density at radius 3 is 1.37 bits per heavy atom. The van der Waals surface area contributed by atoms with E-state index < -0.39 is 155 Å². The van der Waals surface area contributed by atoms with Crippen LogP contribution in [0.15, 0.2) is 0 Å². The molecule has 3 rings (SSSR count). The zero-order valence-electron chi connectivity index (χ0n) is 32.8. The lowest BCUT2D eigenvalue weighted by atomic mass is 9.95. The molecule has 3 aliphatic heterocycles. The van der Waals surface area contributed by atoms with E-state index in [-0.39, 0.29) is 61.4 Å². The summed E-state index contributed by atoms with van der Waals surface area (Å²) in [5, 5.41) is 94.3. The second-order valence-electron chi connectivity index (χ2n) is 11.8. The molecule has 13 N–H and O–H groups in total. The molecule has 15 atom stereocenters. The van der Waals surface area contributed by atoms with E-state index in [9.17, 15) is 53.9 Å². The second-order valence-corrected chi connectivity index (χ2v) is 18.0. The van der Waals surface area contributed by atoms with Gasteiger partial charge in [0, 0.05) is 0 Å². The summed E-state index contributed by atoms with van der Waals surface area (Å²) in [4.78, 5) is 13.1. The summed E-state index contributed by atoms with van der Waals surface area (Å²) in [6.45, 7) is -2.78. The molecule has 71 heavy (non-hydrogen) atoms. The van der Waals surface area contributed by atoms with E-state index in [2.05, 4.69) is 74.0 Å². The van der Waals surface area contributed by atoms with Gasteiger partial charge in [-0.1, -0.05) is 30.2 Å². The van der Waals surface area contributed by atoms with Crippen LogP contribution in [0.25, 0.3) is 0 Å². The summed E-state index contributed by atoms with van der Waals surface area (Å²) in [6, 6.07) is -3.87. The van der Waals surface area contributed by atoms with Crippen molar-refractivity contribution in [2.45, 2.75) is 92.0 Å². The molecule has 3 fully saturated rings. The first-order chi connectivity index (χ1) is 33.6. The molecule has 3 heterocycles. The Morgan fingerprint density at radius 2 is 0.915 bits per heavy atom. The number of aliphatic hydroxyl groups is 1. The third-order valence-electron chi connectivity index (χ3n) is 7.96. The Kier molecular flexibility index (Phi) is 30.6. The van der Waals surface area contributed by atoms with Gasteiger partial charge < -0.3 is 33.9 Å². The minimum atomic E-state index is -5.94. The van der Waals surface area contributed by atoms with Crippen molar-refractivity contribution in [3.63, 3.8) is 0 Å². The fourth-order valence-electron chi connectivity index (χ4n) is 5.68. The Hall–Kier alpha value is -0.0200. The van der Waals surface area contributed by atoms with Gasteiger partial charge in [-0.2, -0.15) is 25.3 Å². The molecule has 0 aromatic rings. The number of aliphatic hydroxyl groups excluding tert-OH is 1. The van der Waals surface area contributed by atoms with Crippen molar-refractivity contribution in [3.8, 4) is 0 Å². The summed E-state index contributed by atoms with van der Waals surface area (Å²) in [7, 11) is -16.8. The summed E-state index contributed by atoms with van der Waals surface area (Å²) in [5.74, 6) is -2.18. The van der Waals surface area contributed by atoms with Crippen LogP contribution in [0.2, 0.25) is 0 Å². The van der Waals surface area contributed by atoms with Gasteiger partial charge >= 0.3 is 37.2 Å². The van der Waals surface area contributed by atoms with Gasteiger partial charge in [0.25, 0.3) is 0 Å². The number of hydrogen-bond donors (Lipinski definition) is 13. The molecular formula is C18H32N2O42S9. The molecule has 3 aliphatic rings. The maximum atomic E-state index is 13.1. The van der Waals surface area contributed by atoms with E-state index in [0.29, 0.717) is 0 Å². The van der Waals surface area contributed by atoms with Crippen molar-refractivity contribution in [1.82, 2.24) is 9.44 Å². The lowest BCUT2D eigenvalue weighted by Crippen LogP contribution is -2.69. The zero-order chi connectivity index (χ0) is 52.8. The number of hydrogen-bond acceptors (Lipinski definition) is 46. The maximum absolute atomic E-state index is 13.1. The highest BCUT2D eigenvalue weighted by molar-refractivity contribution is 7.93. The minimum Gasteiger partial charge on any atom is -0.479 e. The monoisotopic (exact) mass is 1240 g/mol. The van der Waals surface area contributed by atoms with Crippen LogP contribution < -0.4 is 9.44 Å². The molecule has 0 aromatic carbocycles. The molecule has 44 nitrogen and oxygen atoms in total. The summed E-state index contributed by atoms with van der Waals surface area (Å²) >= 11 is -1.51. The molecule has 0 bridgehead atoms. The molecule has 53 heteroatoms. The van der Waals surface area contributed by atoms with Crippen molar-refractivity contribution in [2.24, 2.45) is 0 Å². The molecule has 0 spiro atoms. The molecule has 420 valence electrons. The Labute approximate surface area is 418 Å². The quantitative estimate of drug-likeness (QED) is 0.00746. The van der Waals surface area contributed by atoms with Gasteiger partial charge in [0.15, 0.2) is 80.4 Å². The van der Waals surface area contributed by atoms with Crippen LogP contribution in [-0.2, 0) is 145 Å². The van der Waals surface area contributed by atoms with Gasteiger partial charge in [-0.05, 0) is 0 Å². The van der Waals surface area contributed by atoms with Gasteiger partial charge in [-0.3, -0.25) is 30.4 Å². The SMILES string of the molecule is O=C(O)C1O[C@@H](O[C@@H]2C(COS(=O)(=O)O)O[C@H](O)C(NSOOO)[C@@H]2OSOOO)C(OS(=O)(=O)O)[C@H](OSOOO)[C@@H]1O[C@H]1OC(COS(=O)(=O)O)[C@@H](OSOOO)[C@H](OSOOO)C1NSOOO. The average Bonchev–Trinajstić information content (AvgIpc) is 3.28. The number of ether oxygens (including phenoxy) is 5. The number of nitrogens with one attached hydrogen (secondary N) is 2. The third-order valence-corrected chi connectivity index (χ3v) is 12.0. The van der Waals surface area contributed by atoms with Crippen LogP contribution in [0.1, 0.15) is 0 Å². The van der Waals surface area contributed by atoms with Crippen LogP contribution in [0, 0.1) is 0 Å².